The fourth-order valence-electron chi connectivity index (χ4n) is 4.80. The standard InChI is InChI=1S/C25H27Cl2F3N4O4/c26-21-7-4-18(14-22(21)27)32-9-11-33(12-10-32)24(35)15-38-19-5-1-16(2-6-19)31-17-3-8-23(34(36)37)20(13-17)25(28,29)30/h3-4,7-8,13-14,16,19,31H,1-2,5-6,9-12,15H2. The van der Waals surface area contributed by atoms with E-state index in [0.29, 0.717) is 61.9 Å². The molecule has 1 aliphatic carbocycles. The van der Waals surface area contributed by atoms with Gasteiger partial charge in [-0.25, -0.2) is 0 Å². The molecule has 0 unspecified atom stereocenters. The molecule has 2 aromatic rings. The van der Waals surface area contributed by atoms with Gasteiger partial charge in [-0.2, -0.15) is 13.2 Å². The lowest BCUT2D eigenvalue weighted by Crippen LogP contribution is -2.50. The summed E-state index contributed by atoms with van der Waals surface area (Å²) in [6.07, 6.45) is -2.37. The summed E-state index contributed by atoms with van der Waals surface area (Å²) in [5, 5.41) is 15.0. The molecule has 0 spiro atoms. The summed E-state index contributed by atoms with van der Waals surface area (Å²) >= 11 is 12.1. The molecule has 1 saturated heterocycles. The van der Waals surface area contributed by atoms with Gasteiger partial charge in [-0.15, -0.1) is 0 Å². The highest BCUT2D eigenvalue weighted by atomic mass is 35.5. The van der Waals surface area contributed by atoms with Gasteiger partial charge in [0.25, 0.3) is 5.69 Å². The van der Waals surface area contributed by atoms with Crippen LogP contribution in [0.4, 0.5) is 30.2 Å². The number of piperazine rings is 1. The van der Waals surface area contributed by atoms with Crippen molar-refractivity contribution in [3.8, 4) is 0 Å². The minimum Gasteiger partial charge on any atom is -0.382 e. The number of anilines is 2. The minimum absolute atomic E-state index is 0.0210. The quantitative estimate of drug-likeness (QED) is 0.322. The molecular weight excluding hydrogens is 548 g/mol. The Balaban J connectivity index is 1.20. The largest absolute Gasteiger partial charge is 0.423 e. The van der Waals surface area contributed by atoms with Crippen LogP contribution in [0, 0.1) is 10.1 Å². The summed E-state index contributed by atoms with van der Waals surface area (Å²) in [6.45, 7) is 2.44. The van der Waals surface area contributed by atoms with Gasteiger partial charge >= 0.3 is 6.18 Å². The Kier molecular flexibility index (Phi) is 8.89. The zero-order chi connectivity index (χ0) is 27.4. The van der Waals surface area contributed by atoms with E-state index in [9.17, 15) is 28.1 Å². The topological polar surface area (TPSA) is 87.9 Å². The zero-order valence-corrected chi connectivity index (χ0v) is 21.9. The van der Waals surface area contributed by atoms with Crippen LogP contribution in [0.3, 0.4) is 0 Å². The third-order valence-corrected chi connectivity index (χ3v) is 7.63. The average molecular weight is 575 g/mol. The molecule has 1 saturated carbocycles. The van der Waals surface area contributed by atoms with E-state index in [1.807, 2.05) is 12.1 Å². The maximum atomic E-state index is 13.2. The number of nitro benzene ring substituents is 1. The van der Waals surface area contributed by atoms with Crippen molar-refractivity contribution < 1.29 is 27.6 Å². The van der Waals surface area contributed by atoms with E-state index in [1.54, 1.807) is 11.0 Å². The van der Waals surface area contributed by atoms with Crippen LogP contribution in [0.2, 0.25) is 10.0 Å². The van der Waals surface area contributed by atoms with Gasteiger partial charge in [-0.3, -0.25) is 14.9 Å². The maximum Gasteiger partial charge on any atom is 0.423 e. The van der Waals surface area contributed by atoms with Crippen molar-refractivity contribution in [1.29, 1.82) is 0 Å². The van der Waals surface area contributed by atoms with Crippen LogP contribution in [-0.4, -0.2) is 60.7 Å². The van der Waals surface area contributed by atoms with Gasteiger partial charge in [-0.1, -0.05) is 23.2 Å². The number of ether oxygens (including phenoxy) is 1. The highest BCUT2D eigenvalue weighted by Crippen LogP contribution is 2.38. The van der Waals surface area contributed by atoms with Gasteiger partial charge < -0.3 is 19.9 Å². The number of alkyl halides is 3. The Bertz CT molecular complexity index is 1170. The summed E-state index contributed by atoms with van der Waals surface area (Å²) < 4.78 is 45.6. The molecule has 0 aromatic heterocycles. The van der Waals surface area contributed by atoms with Crippen LogP contribution in [0.1, 0.15) is 31.2 Å². The summed E-state index contributed by atoms with van der Waals surface area (Å²) in [7, 11) is 0. The molecule has 4 rings (SSSR count). The minimum atomic E-state index is -4.83. The van der Waals surface area contributed by atoms with Crippen molar-refractivity contribution in [2.75, 3.05) is 43.0 Å². The predicted molar refractivity (Wildman–Crippen MR) is 139 cm³/mol. The number of nitrogens with zero attached hydrogens (tertiary/aromatic N) is 3. The first kappa shape index (κ1) is 28.3. The summed E-state index contributed by atoms with van der Waals surface area (Å²) in [5.74, 6) is -0.0791. The van der Waals surface area contributed by atoms with Gasteiger partial charge in [0.2, 0.25) is 5.91 Å². The number of carbonyl (C=O) groups excluding carboxylic acids is 1. The van der Waals surface area contributed by atoms with E-state index in [-0.39, 0.29) is 30.3 Å². The second-order valence-electron chi connectivity index (χ2n) is 9.38. The van der Waals surface area contributed by atoms with Crippen LogP contribution < -0.4 is 10.2 Å². The second-order valence-corrected chi connectivity index (χ2v) is 10.2. The third kappa shape index (κ3) is 7.00. The fraction of sp³-hybridized carbons (Fsp3) is 0.480. The van der Waals surface area contributed by atoms with E-state index in [2.05, 4.69) is 10.2 Å². The molecule has 13 heteroatoms. The first-order valence-electron chi connectivity index (χ1n) is 12.2. The molecule has 1 aliphatic heterocycles. The van der Waals surface area contributed by atoms with E-state index < -0.39 is 22.4 Å². The highest BCUT2D eigenvalue weighted by Gasteiger charge is 2.38. The zero-order valence-electron chi connectivity index (χ0n) is 20.3. The molecule has 8 nitrogen and oxygen atoms in total. The Morgan fingerprint density at radius 3 is 2.32 bits per heavy atom. The predicted octanol–water partition coefficient (Wildman–Crippen LogP) is 6.01. The fourth-order valence-corrected chi connectivity index (χ4v) is 5.09. The van der Waals surface area contributed by atoms with Crippen LogP contribution in [0.25, 0.3) is 0 Å². The highest BCUT2D eigenvalue weighted by molar-refractivity contribution is 6.42. The summed E-state index contributed by atoms with van der Waals surface area (Å²) in [4.78, 5) is 26.5. The molecule has 2 fully saturated rings. The van der Waals surface area contributed by atoms with Crippen molar-refractivity contribution >= 4 is 46.2 Å². The lowest BCUT2D eigenvalue weighted by Gasteiger charge is -2.36. The molecule has 1 heterocycles. The number of amides is 1. The van der Waals surface area contributed by atoms with Crippen LogP contribution in [0.15, 0.2) is 36.4 Å². The first-order chi connectivity index (χ1) is 18.0. The lowest BCUT2D eigenvalue weighted by atomic mass is 9.92. The third-order valence-electron chi connectivity index (χ3n) is 6.89. The molecule has 1 N–H and O–H groups in total. The Labute approximate surface area is 227 Å². The number of rotatable bonds is 7. The van der Waals surface area contributed by atoms with Gasteiger partial charge in [0.1, 0.15) is 12.2 Å². The van der Waals surface area contributed by atoms with Crippen molar-refractivity contribution in [3.63, 3.8) is 0 Å². The second kappa shape index (κ2) is 12.0. The Morgan fingerprint density at radius 1 is 1.03 bits per heavy atom. The van der Waals surface area contributed by atoms with E-state index in [0.717, 1.165) is 17.8 Å². The van der Waals surface area contributed by atoms with Gasteiger partial charge in [0, 0.05) is 49.7 Å². The number of nitro groups is 1. The molecular formula is C25H27Cl2F3N4O4. The smallest absolute Gasteiger partial charge is 0.382 e. The van der Waals surface area contributed by atoms with Crippen LogP contribution in [-0.2, 0) is 15.7 Å². The molecule has 2 aromatic carbocycles. The average Bonchev–Trinajstić information content (AvgIpc) is 2.89. The lowest BCUT2D eigenvalue weighted by molar-refractivity contribution is -0.388. The Morgan fingerprint density at radius 2 is 1.71 bits per heavy atom. The molecule has 1 amide bonds. The van der Waals surface area contributed by atoms with Gasteiger partial charge in [-0.05, 0) is 56.0 Å². The van der Waals surface area contributed by atoms with E-state index >= 15 is 0 Å². The molecule has 0 bridgehead atoms. The Hall–Kier alpha value is -2.76. The molecule has 0 radical (unpaired) electrons. The van der Waals surface area contributed by atoms with Crippen molar-refractivity contribution in [3.05, 3.63) is 62.1 Å². The SMILES string of the molecule is O=C(COC1CCC(Nc2ccc([N+](=O)[O-])c(C(F)(F)F)c2)CC1)N1CCN(c2ccc(Cl)c(Cl)c2)CC1. The van der Waals surface area contributed by atoms with E-state index in [4.69, 9.17) is 27.9 Å². The number of nitrogens with one attached hydrogen (secondary N) is 1. The number of hydrogen-bond acceptors (Lipinski definition) is 6. The first-order valence-corrected chi connectivity index (χ1v) is 13.0. The molecule has 2 aliphatic rings. The molecule has 38 heavy (non-hydrogen) atoms. The normalized spacial score (nSPS) is 20.3. The maximum absolute atomic E-state index is 13.2. The number of benzene rings is 2. The monoisotopic (exact) mass is 574 g/mol. The van der Waals surface area contributed by atoms with Crippen molar-refractivity contribution in [1.82, 2.24) is 4.90 Å². The van der Waals surface area contributed by atoms with E-state index in [1.165, 1.54) is 6.07 Å². The van der Waals surface area contributed by atoms with Crippen molar-refractivity contribution in [2.24, 2.45) is 0 Å². The van der Waals surface area contributed by atoms with Gasteiger partial charge in [0.05, 0.1) is 21.1 Å². The van der Waals surface area contributed by atoms with Crippen molar-refractivity contribution in [2.45, 2.75) is 44.0 Å². The number of hydrogen-bond donors (Lipinski definition) is 1. The number of halogens is 5. The summed E-state index contributed by atoms with van der Waals surface area (Å²) in [5.41, 5.74) is -1.11. The number of carbonyl (C=O) groups is 1. The van der Waals surface area contributed by atoms with Crippen LogP contribution in [0.5, 0.6) is 0 Å². The molecule has 206 valence electrons. The van der Waals surface area contributed by atoms with Crippen LogP contribution >= 0.6 is 23.2 Å². The van der Waals surface area contributed by atoms with Gasteiger partial charge in [0.15, 0.2) is 0 Å². The molecule has 0 atom stereocenters. The summed E-state index contributed by atoms with van der Waals surface area (Å²) in [6, 6.07) is 8.30.